The predicted octanol–water partition coefficient (Wildman–Crippen LogP) is 3.37. The van der Waals surface area contributed by atoms with Gasteiger partial charge in [-0.05, 0) is 38.0 Å². The van der Waals surface area contributed by atoms with Crippen molar-refractivity contribution < 1.29 is 9.53 Å². The molecule has 106 valence electrons. The normalized spacial score (nSPS) is 12.1. The Hall–Kier alpha value is -1.71. The van der Waals surface area contributed by atoms with Gasteiger partial charge in [-0.15, -0.1) is 0 Å². The van der Waals surface area contributed by atoms with E-state index in [2.05, 4.69) is 6.92 Å². The average Bonchev–Trinajstić information content (AvgIpc) is 2.34. The van der Waals surface area contributed by atoms with Gasteiger partial charge < -0.3 is 16.2 Å². The minimum absolute atomic E-state index is 0.0821. The highest BCUT2D eigenvalue weighted by Crippen LogP contribution is 2.18. The van der Waals surface area contributed by atoms with Gasteiger partial charge in [-0.2, -0.15) is 0 Å². The molecule has 0 amide bonds. The molecule has 4 N–H and O–H groups in total. The van der Waals surface area contributed by atoms with Crippen LogP contribution in [0.4, 0.5) is 11.4 Å². The van der Waals surface area contributed by atoms with E-state index in [1.54, 1.807) is 18.2 Å². The molecular formula is C15H24N2O2. The van der Waals surface area contributed by atoms with E-state index in [-0.39, 0.29) is 12.1 Å². The van der Waals surface area contributed by atoms with E-state index in [0.717, 1.165) is 12.8 Å². The van der Waals surface area contributed by atoms with Gasteiger partial charge in [0.1, 0.15) is 0 Å². The molecule has 4 heteroatoms. The second-order valence-electron chi connectivity index (χ2n) is 4.91. The van der Waals surface area contributed by atoms with E-state index in [9.17, 15) is 4.79 Å². The number of carbonyl (C=O) groups is 1. The molecule has 4 nitrogen and oxygen atoms in total. The SMILES string of the molecule is CCCCCCC(C)OC(=O)c1ccc(N)cc1N. The third-order valence-corrected chi connectivity index (χ3v) is 3.07. The topological polar surface area (TPSA) is 78.3 Å². The van der Waals surface area contributed by atoms with Crippen molar-refractivity contribution in [2.24, 2.45) is 0 Å². The van der Waals surface area contributed by atoms with Crippen LogP contribution in [0, 0.1) is 0 Å². The van der Waals surface area contributed by atoms with E-state index in [0.29, 0.717) is 16.9 Å². The third-order valence-electron chi connectivity index (χ3n) is 3.07. The highest BCUT2D eigenvalue weighted by Gasteiger charge is 2.14. The number of hydrogen-bond acceptors (Lipinski definition) is 4. The monoisotopic (exact) mass is 264 g/mol. The Balaban J connectivity index is 2.45. The number of esters is 1. The van der Waals surface area contributed by atoms with Crippen molar-refractivity contribution in [3.63, 3.8) is 0 Å². The number of hydrogen-bond donors (Lipinski definition) is 2. The summed E-state index contributed by atoms with van der Waals surface area (Å²) >= 11 is 0. The van der Waals surface area contributed by atoms with Gasteiger partial charge in [-0.25, -0.2) is 4.79 Å². The van der Waals surface area contributed by atoms with Crippen LogP contribution in [0.15, 0.2) is 18.2 Å². The number of nitrogen functional groups attached to an aromatic ring is 2. The van der Waals surface area contributed by atoms with Crippen LogP contribution < -0.4 is 11.5 Å². The molecule has 1 aromatic rings. The second kappa shape index (κ2) is 7.67. The van der Waals surface area contributed by atoms with Crippen molar-refractivity contribution in [2.75, 3.05) is 11.5 Å². The lowest BCUT2D eigenvalue weighted by atomic mass is 10.1. The molecule has 1 rings (SSSR count). The Morgan fingerprint density at radius 1 is 1.26 bits per heavy atom. The molecule has 1 atom stereocenters. The summed E-state index contributed by atoms with van der Waals surface area (Å²) in [7, 11) is 0. The number of unbranched alkanes of at least 4 members (excludes halogenated alkanes) is 3. The fraction of sp³-hybridized carbons (Fsp3) is 0.533. The molecule has 0 heterocycles. The summed E-state index contributed by atoms with van der Waals surface area (Å²) in [6.45, 7) is 4.09. The zero-order valence-electron chi connectivity index (χ0n) is 11.8. The maximum absolute atomic E-state index is 11.9. The largest absolute Gasteiger partial charge is 0.459 e. The summed E-state index contributed by atoms with van der Waals surface area (Å²) in [6.07, 6.45) is 5.51. The maximum atomic E-state index is 11.9. The summed E-state index contributed by atoms with van der Waals surface area (Å²) in [5.41, 5.74) is 12.6. The van der Waals surface area contributed by atoms with Crippen LogP contribution in [0.5, 0.6) is 0 Å². The molecule has 1 aromatic carbocycles. The molecule has 0 saturated carbocycles. The van der Waals surface area contributed by atoms with Crippen molar-refractivity contribution in [1.29, 1.82) is 0 Å². The second-order valence-corrected chi connectivity index (χ2v) is 4.91. The minimum atomic E-state index is -0.375. The Labute approximate surface area is 115 Å². The van der Waals surface area contributed by atoms with Gasteiger partial charge in [0, 0.05) is 11.4 Å². The van der Waals surface area contributed by atoms with Gasteiger partial charge >= 0.3 is 5.97 Å². The van der Waals surface area contributed by atoms with Crippen LogP contribution in [0.2, 0.25) is 0 Å². The first-order valence-corrected chi connectivity index (χ1v) is 6.90. The zero-order valence-corrected chi connectivity index (χ0v) is 11.8. The van der Waals surface area contributed by atoms with E-state index in [1.165, 1.54) is 19.3 Å². The first-order chi connectivity index (χ1) is 9.04. The summed E-state index contributed by atoms with van der Waals surface area (Å²) in [6, 6.07) is 4.83. The van der Waals surface area contributed by atoms with E-state index in [4.69, 9.17) is 16.2 Å². The number of benzene rings is 1. The Morgan fingerprint density at radius 2 is 2.00 bits per heavy atom. The summed E-state index contributed by atoms with van der Waals surface area (Å²) in [4.78, 5) is 11.9. The fourth-order valence-electron chi connectivity index (χ4n) is 1.93. The summed E-state index contributed by atoms with van der Waals surface area (Å²) < 4.78 is 5.38. The molecule has 1 unspecified atom stereocenters. The van der Waals surface area contributed by atoms with Gasteiger partial charge in [0.05, 0.1) is 11.7 Å². The lowest BCUT2D eigenvalue weighted by Crippen LogP contribution is -2.16. The quantitative estimate of drug-likeness (QED) is 0.449. The van der Waals surface area contributed by atoms with Gasteiger partial charge in [0.15, 0.2) is 0 Å². The van der Waals surface area contributed by atoms with Crippen LogP contribution >= 0.6 is 0 Å². The molecule has 0 aliphatic rings. The van der Waals surface area contributed by atoms with Crippen molar-refractivity contribution in [3.05, 3.63) is 23.8 Å². The van der Waals surface area contributed by atoms with Gasteiger partial charge in [0.2, 0.25) is 0 Å². The molecule has 19 heavy (non-hydrogen) atoms. The van der Waals surface area contributed by atoms with Gasteiger partial charge in [-0.3, -0.25) is 0 Å². The number of nitrogens with two attached hydrogens (primary N) is 2. The first-order valence-electron chi connectivity index (χ1n) is 6.90. The Morgan fingerprint density at radius 3 is 2.63 bits per heavy atom. The maximum Gasteiger partial charge on any atom is 0.340 e. The van der Waals surface area contributed by atoms with Crippen molar-refractivity contribution in [3.8, 4) is 0 Å². The summed E-state index contributed by atoms with van der Waals surface area (Å²) in [5, 5.41) is 0. The summed E-state index contributed by atoms with van der Waals surface area (Å²) in [5.74, 6) is -0.375. The van der Waals surface area contributed by atoms with Crippen molar-refractivity contribution in [2.45, 2.75) is 52.1 Å². The molecule has 0 aliphatic carbocycles. The van der Waals surface area contributed by atoms with E-state index < -0.39 is 0 Å². The van der Waals surface area contributed by atoms with E-state index >= 15 is 0 Å². The van der Waals surface area contributed by atoms with E-state index in [1.807, 2.05) is 6.92 Å². The molecule has 0 spiro atoms. The molecule has 0 radical (unpaired) electrons. The predicted molar refractivity (Wildman–Crippen MR) is 78.9 cm³/mol. The van der Waals surface area contributed by atoms with Crippen LogP contribution in [-0.4, -0.2) is 12.1 Å². The third kappa shape index (κ3) is 5.20. The lowest BCUT2D eigenvalue weighted by molar-refractivity contribution is 0.0321. The van der Waals surface area contributed by atoms with Crippen LogP contribution in [0.25, 0.3) is 0 Å². The van der Waals surface area contributed by atoms with Crippen LogP contribution in [-0.2, 0) is 4.74 Å². The molecule has 0 saturated heterocycles. The molecule has 0 aliphatic heterocycles. The number of carbonyl (C=O) groups excluding carboxylic acids is 1. The first kappa shape index (κ1) is 15.3. The number of anilines is 2. The number of rotatable bonds is 7. The molecule has 0 fully saturated rings. The average molecular weight is 264 g/mol. The lowest BCUT2D eigenvalue weighted by Gasteiger charge is -2.14. The minimum Gasteiger partial charge on any atom is -0.459 e. The highest BCUT2D eigenvalue weighted by atomic mass is 16.5. The van der Waals surface area contributed by atoms with Crippen LogP contribution in [0.3, 0.4) is 0 Å². The van der Waals surface area contributed by atoms with Gasteiger partial charge in [0.25, 0.3) is 0 Å². The highest BCUT2D eigenvalue weighted by molar-refractivity contribution is 5.95. The Kier molecular flexibility index (Phi) is 6.19. The van der Waals surface area contributed by atoms with Crippen molar-refractivity contribution >= 4 is 17.3 Å². The molecular weight excluding hydrogens is 240 g/mol. The number of ether oxygens (including phenoxy) is 1. The fourth-order valence-corrected chi connectivity index (χ4v) is 1.93. The van der Waals surface area contributed by atoms with Gasteiger partial charge in [-0.1, -0.05) is 26.2 Å². The Bertz CT molecular complexity index is 419. The standard InChI is InChI=1S/C15H24N2O2/c1-3-4-5-6-7-11(2)19-15(18)13-9-8-12(16)10-14(13)17/h8-11H,3-7,16-17H2,1-2H3. The van der Waals surface area contributed by atoms with Crippen molar-refractivity contribution in [1.82, 2.24) is 0 Å². The van der Waals surface area contributed by atoms with Crippen LogP contribution in [0.1, 0.15) is 56.3 Å². The molecule has 0 bridgehead atoms. The smallest absolute Gasteiger partial charge is 0.340 e. The zero-order chi connectivity index (χ0) is 14.3. The molecule has 0 aromatic heterocycles.